The standard InChI is InChI=1S/C20H19F2N7O4/c1-11-25-17(33-28-11)3-5-23-20(30)26-16-9-14-7-12(4-6-29(14)27-16)13-8-15(32-19(21)22)18(31-2)24-10-13/h4,6-10,19H,3,5H2,1-2H3,(H2,23,26,27,30). The molecule has 0 atom stereocenters. The minimum atomic E-state index is -3.01. The maximum absolute atomic E-state index is 12.7. The van der Waals surface area contributed by atoms with Gasteiger partial charge in [0.1, 0.15) is 0 Å². The Labute approximate surface area is 185 Å². The highest BCUT2D eigenvalue weighted by Crippen LogP contribution is 2.31. The molecule has 33 heavy (non-hydrogen) atoms. The van der Waals surface area contributed by atoms with Crippen molar-refractivity contribution >= 4 is 17.4 Å². The molecule has 0 aliphatic heterocycles. The largest absolute Gasteiger partial charge is 0.478 e. The first kappa shape index (κ1) is 21.9. The Kier molecular flexibility index (Phi) is 6.29. The summed E-state index contributed by atoms with van der Waals surface area (Å²) in [6.07, 6.45) is 3.55. The van der Waals surface area contributed by atoms with Gasteiger partial charge in [-0.15, -0.1) is 5.10 Å². The summed E-state index contributed by atoms with van der Waals surface area (Å²) in [7, 11) is 1.31. The fourth-order valence-corrected chi connectivity index (χ4v) is 3.04. The van der Waals surface area contributed by atoms with Crippen LogP contribution in [-0.2, 0) is 6.42 Å². The number of pyridine rings is 2. The monoisotopic (exact) mass is 459 g/mol. The number of aromatic nitrogens is 5. The number of alkyl halides is 2. The van der Waals surface area contributed by atoms with E-state index in [2.05, 4.69) is 35.6 Å². The van der Waals surface area contributed by atoms with E-state index >= 15 is 0 Å². The van der Waals surface area contributed by atoms with E-state index in [0.29, 0.717) is 47.1 Å². The van der Waals surface area contributed by atoms with Gasteiger partial charge in [0.25, 0.3) is 5.88 Å². The minimum absolute atomic E-state index is 0.0452. The van der Waals surface area contributed by atoms with Crippen LogP contribution in [0.25, 0.3) is 16.6 Å². The summed E-state index contributed by atoms with van der Waals surface area (Å²) in [5.74, 6) is 1.07. The highest BCUT2D eigenvalue weighted by molar-refractivity contribution is 5.89. The molecule has 0 aromatic carbocycles. The topological polar surface area (TPSA) is 129 Å². The molecule has 0 bridgehead atoms. The van der Waals surface area contributed by atoms with Crippen molar-refractivity contribution in [1.82, 2.24) is 30.1 Å². The Morgan fingerprint density at radius 1 is 1.27 bits per heavy atom. The van der Waals surface area contributed by atoms with E-state index in [1.54, 1.807) is 35.8 Å². The number of methoxy groups -OCH3 is 1. The second-order valence-electron chi connectivity index (χ2n) is 6.79. The number of carbonyl (C=O) groups is 1. The number of halogens is 2. The summed E-state index contributed by atoms with van der Waals surface area (Å²) in [4.78, 5) is 20.2. The summed E-state index contributed by atoms with van der Waals surface area (Å²) in [5.41, 5.74) is 1.89. The highest BCUT2D eigenvalue weighted by Gasteiger charge is 2.14. The molecule has 0 saturated heterocycles. The molecular formula is C20H19F2N7O4. The van der Waals surface area contributed by atoms with E-state index in [4.69, 9.17) is 9.26 Å². The zero-order valence-corrected chi connectivity index (χ0v) is 17.6. The number of nitrogens with zero attached hydrogens (tertiary/aromatic N) is 5. The number of nitrogens with one attached hydrogen (secondary N) is 2. The SMILES string of the molecule is COc1ncc(-c2ccn3nc(NC(=O)NCCc4nc(C)no4)cc3c2)cc1OC(F)F. The van der Waals surface area contributed by atoms with Crippen LogP contribution in [0.5, 0.6) is 11.6 Å². The van der Waals surface area contributed by atoms with Gasteiger partial charge in [-0.2, -0.15) is 13.8 Å². The molecule has 0 fully saturated rings. The Balaban J connectivity index is 1.44. The van der Waals surface area contributed by atoms with Gasteiger partial charge in [0, 0.05) is 37.0 Å². The predicted molar refractivity (Wildman–Crippen MR) is 111 cm³/mol. The second-order valence-corrected chi connectivity index (χ2v) is 6.79. The van der Waals surface area contributed by atoms with Gasteiger partial charge in [-0.25, -0.2) is 14.3 Å². The van der Waals surface area contributed by atoms with Crippen LogP contribution in [-0.4, -0.2) is 51.0 Å². The molecule has 0 spiro atoms. The molecular weight excluding hydrogens is 440 g/mol. The van der Waals surface area contributed by atoms with Gasteiger partial charge in [0.05, 0.1) is 12.6 Å². The van der Waals surface area contributed by atoms with Crippen LogP contribution in [0.1, 0.15) is 11.7 Å². The summed E-state index contributed by atoms with van der Waals surface area (Å²) in [6.45, 7) is -0.994. The first-order chi connectivity index (χ1) is 15.9. The van der Waals surface area contributed by atoms with Gasteiger partial charge in [0.2, 0.25) is 5.89 Å². The molecule has 4 rings (SSSR count). The average Bonchev–Trinajstić information content (AvgIpc) is 3.37. The second kappa shape index (κ2) is 9.46. The number of aryl methyl sites for hydroxylation is 1. The number of hydrogen-bond donors (Lipinski definition) is 2. The Morgan fingerprint density at radius 3 is 2.85 bits per heavy atom. The van der Waals surface area contributed by atoms with Crippen molar-refractivity contribution in [3.8, 4) is 22.8 Å². The number of ether oxygens (including phenoxy) is 2. The number of urea groups is 1. The van der Waals surface area contributed by atoms with E-state index < -0.39 is 12.6 Å². The minimum Gasteiger partial charge on any atom is -0.478 e. The molecule has 0 radical (unpaired) electrons. The maximum atomic E-state index is 12.7. The smallest absolute Gasteiger partial charge is 0.387 e. The highest BCUT2D eigenvalue weighted by atomic mass is 19.3. The number of hydrogen-bond acceptors (Lipinski definition) is 8. The maximum Gasteiger partial charge on any atom is 0.387 e. The molecule has 0 unspecified atom stereocenters. The third-order valence-electron chi connectivity index (χ3n) is 4.46. The molecule has 11 nitrogen and oxygen atoms in total. The van der Waals surface area contributed by atoms with Crippen LogP contribution >= 0.6 is 0 Å². The van der Waals surface area contributed by atoms with E-state index in [-0.39, 0.29) is 11.6 Å². The first-order valence-corrected chi connectivity index (χ1v) is 9.74. The number of fused-ring (bicyclic) bond motifs is 1. The predicted octanol–water partition coefficient (Wildman–Crippen LogP) is 3.06. The lowest BCUT2D eigenvalue weighted by Gasteiger charge is -2.10. The summed E-state index contributed by atoms with van der Waals surface area (Å²) in [6, 6.07) is 6.13. The fraction of sp³-hybridized carbons (Fsp3) is 0.250. The molecule has 0 aliphatic rings. The molecule has 172 valence electrons. The third-order valence-corrected chi connectivity index (χ3v) is 4.46. The first-order valence-electron chi connectivity index (χ1n) is 9.74. The van der Waals surface area contributed by atoms with Crippen LogP contribution in [0, 0.1) is 6.92 Å². The molecule has 13 heteroatoms. The zero-order chi connectivity index (χ0) is 23.4. The van der Waals surface area contributed by atoms with E-state index in [1.807, 2.05) is 0 Å². The lowest BCUT2D eigenvalue weighted by Crippen LogP contribution is -2.30. The van der Waals surface area contributed by atoms with Gasteiger partial charge in [-0.3, -0.25) is 5.32 Å². The van der Waals surface area contributed by atoms with Crippen molar-refractivity contribution in [2.45, 2.75) is 20.0 Å². The van der Waals surface area contributed by atoms with Crippen LogP contribution in [0.2, 0.25) is 0 Å². The van der Waals surface area contributed by atoms with Crippen LogP contribution < -0.4 is 20.1 Å². The van der Waals surface area contributed by atoms with Gasteiger partial charge < -0.3 is 19.3 Å². The van der Waals surface area contributed by atoms with Gasteiger partial charge in [-0.1, -0.05) is 5.16 Å². The number of carbonyl (C=O) groups excluding carboxylic acids is 1. The molecule has 0 aliphatic carbocycles. The molecule has 2 N–H and O–H groups in total. The van der Waals surface area contributed by atoms with E-state index in [1.165, 1.54) is 19.4 Å². The lowest BCUT2D eigenvalue weighted by molar-refractivity contribution is -0.0515. The Hall–Kier alpha value is -4.29. The van der Waals surface area contributed by atoms with Crippen molar-refractivity contribution in [1.29, 1.82) is 0 Å². The summed E-state index contributed by atoms with van der Waals surface area (Å²) >= 11 is 0. The Bertz CT molecular complexity index is 1270. The number of anilines is 1. The van der Waals surface area contributed by atoms with Crippen molar-refractivity contribution in [3.05, 3.63) is 48.4 Å². The third kappa shape index (κ3) is 5.31. The summed E-state index contributed by atoms with van der Waals surface area (Å²) in [5, 5.41) is 13.3. The van der Waals surface area contributed by atoms with Crippen molar-refractivity contribution in [3.63, 3.8) is 0 Å². The molecule has 4 heterocycles. The van der Waals surface area contributed by atoms with Crippen LogP contribution in [0.15, 0.2) is 41.2 Å². The van der Waals surface area contributed by atoms with Crippen molar-refractivity contribution in [2.75, 3.05) is 19.0 Å². The quantitative estimate of drug-likeness (QED) is 0.411. The zero-order valence-electron chi connectivity index (χ0n) is 17.6. The molecule has 0 saturated carbocycles. The molecule has 4 aromatic heterocycles. The number of rotatable bonds is 8. The summed E-state index contributed by atoms with van der Waals surface area (Å²) < 4.78 is 41.4. The van der Waals surface area contributed by atoms with Crippen molar-refractivity contribution in [2.24, 2.45) is 0 Å². The molecule has 2 amide bonds. The van der Waals surface area contributed by atoms with E-state index in [9.17, 15) is 13.6 Å². The van der Waals surface area contributed by atoms with Crippen molar-refractivity contribution < 1.29 is 27.6 Å². The van der Waals surface area contributed by atoms with E-state index in [0.717, 1.165) is 0 Å². The van der Waals surface area contributed by atoms with Crippen LogP contribution in [0.3, 0.4) is 0 Å². The number of amides is 2. The molecule has 4 aromatic rings. The average molecular weight is 459 g/mol. The lowest BCUT2D eigenvalue weighted by atomic mass is 10.1. The van der Waals surface area contributed by atoms with Gasteiger partial charge >= 0.3 is 12.6 Å². The fourth-order valence-electron chi connectivity index (χ4n) is 3.04. The van der Waals surface area contributed by atoms with Crippen LogP contribution in [0.4, 0.5) is 19.4 Å². The Morgan fingerprint density at radius 2 is 2.12 bits per heavy atom. The van der Waals surface area contributed by atoms with Gasteiger partial charge in [-0.05, 0) is 30.7 Å². The van der Waals surface area contributed by atoms with Gasteiger partial charge in [0.15, 0.2) is 17.4 Å². The normalized spacial score (nSPS) is 11.1.